The van der Waals surface area contributed by atoms with Crippen molar-refractivity contribution in [2.75, 3.05) is 13.1 Å². The fourth-order valence-corrected chi connectivity index (χ4v) is 3.02. The smallest absolute Gasteiger partial charge is 0.358 e. The van der Waals surface area contributed by atoms with Crippen molar-refractivity contribution < 1.29 is 9.90 Å². The van der Waals surface area contributed by atoms with E-state index >= 15 is 0 Å². The minimum absolute atomic E-state index is 0.0305. The predicted molar refractivity (Wildman–Crippen MR) is 64.4 cm³/mol. The second-order valence-electron chi connectivity index (χ2n) is 5.57. The molecule has 2 heterocycles. The molecule has 2 fully saturated rings. The molecule has 1 aliphatic carbocycles. The summed E-state index contributed by atoms with van der Waals surface area (Å²) in [6.07, 6.45) is 5.45. The monoisotopic (exact) mass is 250 g/mol. The molecule has 1 saturated heterocycles. The van der Waals surface area contributed by atoms with E-state index in [1.165, 1.54) is 25.5 Å². The Bertz CT molecular complexity index is 453. The van der Waals surface area contributed by atoms with Crippen molar-refractivity contribution in [1.82, 2.24) is 19.9 Å². The molecule has 0 amide bonds. The molecule has 0 bridgehead atoms. The third-order valence-corrected chi connectivity index (χ3v) is 4.18. The van der Waals surface area contributed by atoms with Crippen LogP contribution in [-0.2, 0) is 0 Å². The van der Waals surface area contributed by atoms with E-state index in [0.717, 1.165) is 25.0 Å². The normalized spacial score (nSPS) is 29.4. The summed E-state index contributed by atoms with van der Waals surface area (Å²) in [5, 5.41) is 16.3. The summed E-state index contributed by atoms with van der Waals surface area (Å²) in [6.45, 7) is 4.26. The Kier molecular flexibility index (Phi) is 2.81. The first-order chi connectivity index (χ1) is 8.63. The molecule has 1 aromatic heterocycles. The number of carboxylic acid groups (broad SMARTS) is 1. The average Bonchev–Trinajstić information content (AvgIpc) is 2.86. The lowest BCUT2D eigenvalue weighted by molar-refractivity contribution is 0.0528. The zero-order valence-electron chi connectivity index (χ0n) is 10.5. The van der Waals surface area contributed by atoms with E-state index < -0.39 is 5.97 Å². The van der Waals surface area contributed by atoms with Crippen LogP contribution in [0.2, 0.25) is 0 Å². The number of hydrogen-bond acceptors (Lipinski definition) is 4. The van der Waals surface area contributed by atoms with Gasteiger partial charge in [0.25, 0.3) is 0 Å². The molecule has 1 aromatic rings. The Labute approximate surface area is 106 Å². The van der Waals surface area contributed by atoms with Gasteiger partial charge >= 0.3 is 5.97 Å². The van der Waals surface area contributed by atoms with Gasteiger partial charge in [0, 0.05) is 19.1 Å². The number of rotatable bonds is 3. The molecular weight excluding hydrogens is 232 g/mol. The maximum absolute atomic E-state index is 10.7. The fraction of sp³-hybridized carbons (Fsp3) is 0.750. The van der Waals surface area contributed by atoms with Crippen molar-refractivity contribution in [3.05, 3.63) is 11.9 Å². The number of aromatic nitrogens is 3. The van der Waals surface area contributed by atoms with Gasteiger partial charge in [-0.05, 0) is 25.2 Å². The summed E-state index contributed by atoms with van der Waals surface area (Å²) in [4.78, 5) is 13.2. The number of hydrogen-bond donors (Lipinski definition) is 1. The van der Waals surface area contributed by atoms with E-state index in [2.05, 4.69) is 22.1 Å². The highest BCUT2D eigenvalue weighted by Crippen LogP contribution is 2.34. The van der Waals surface area contributed by atoms with Crippen molar-refractivity contribution in [2.24, 2.45) is 5.92 Å². The minimum Gasteiger partial charge on any atom is -0.476 e. The van der Waals surface area contributed by atoms with Gasteiger partial charge < -0.3 is 5.11 Å². The zero-order chi connectivity index (χ0) is 12.7. The predicted octanol–water partition coefficient (Wildman–Crippen LogP) is 1.02. The highest BCUT2D eigenvalue weighted by molar-refractivity contribution is 5.84. The molecule has 98 valence electrons. The summed E-state index contributed by atoms with van der Waals surface area (Å²) in [5.41, 5.74) is 0.0305. The fourth-order valence-electron chi connectivity index (χ4n) is 3.02. The lowest BCUT2D eigenvalue weighted by Gasteiger charge is -2.42. The number of likely N-dealkylation sites (tertiary alicyclic amines) is 1. The number of carboxylic acids is 1. The van der Waals surface area contributed by atoms with Crippen molar-refractivity contribution in [1.29, 1.82) is 0 Å². The van der Waals surface area contributed by atoms with E-state index in [-0.39, 0.29) is 5.69 Å². The third-order valence-electron chi connectivity index (χ3n) is 4.18. The first-order valence-electron chi connectivity index (χ1n) is 6.52. The Balaban J connectivity index is 1.56. The molecule has 6 heteroatoms. The Hall–Kier alpha value is -1.43. The molecule has 2 aliphatic rings. The Morgan fingerprint density at radius 3 is 2.72 bits per heavy atom. The zero-order valence-corrected chi connectivity index (χ0v) is 10.5. The van der Waals surface area contributed by atoms with Gasteiger partial charge in [0.15, 0.2) is 5.69 Å². The second-order valence-corrected chi connectivity index (χ2v) is 5.57. The molecular formula is C12H18N4O2. The first-order valence-corrected chi connectivity index (χ1v) is 6.52. The molecule has 0 aromatic carbocycles. The summed E-state index contributed by atoms with van der Waals surface area (Å²) >= 11 is 0. The molecule has 2 atom stereocenters. The van der Waals surface area contributed by atoms with Crippen LogP contribution in [0.15, 0.2) is 6.20 Å². The highest BCUT2D eigenvalue weighted by atomic mass is 16.4. The van der Waals surface area contributed by atoms with Crippen LogP contribution in [0.5, 0.6) is 0 Å². The van der Waals surface area contributed by atoms with E-state index in [1.54, 1.807) is 4.68 Å². The van der Waals surface area contributed by atoms with Crippen LogP contribution >= 0.6 is 0 Å². The van der Waals surface area contributed by atoms with Gasteiger partial charge in [-0.1, -0.05) is 12.1 Å². The van der Waals surface area contributed by atoms with Crippen LogP contribution in [0.3, 0.4) is 0 Å². The molecule has 18 heavy (non-hydrogen) atoms. The molecule has 1 saturated carbocycles. The Morgan fingerprint density at radius 1 is 1.39 bits per heavy atom. The molecule has 1 N–H and O–H groups in total. The van der Waals surface area contributed by atoms with Gasteiger partial charge in [-0.25, -0.2) is 9.48 Å². The van der Waals surface area contributed by atoms with Gasteiger partial charge in [-0.15, -0.1) is 5.10 Å². The maximum Gasteiger partial charge on any atom is 0.358 e. The maximum atomic E-state index is 10.7. The van der Waals surface area contributed by atoms with E-state index in [1.807, 2.05) is 0 Å². The summed E-state index contributed by atoms with van der Waals surface area (Å²) < 4.78 is 1.69. The quantitative estimate of drug-likeness (QED) is 0.867. The van der Waals surface area contributed by atoms with Crippen LogP contribution in [-0.4, -0.2) is 50.1 Å². The summed E-state index contributed by atoms with van der Waals surface area (Å²) in [6, 6.07) is 1.01. The van der Waals surface area contributed by atoms with Gasteiger partial charge in [0.05, 0.1) is 12.2 Å². The van der Waals surface area contributed by atoms with Crippen LogP contribution in [0.1, 0.15) is 42.7 Å². The summed E-state index contributed by atoms with van der Waals surface area (Å²) in [7, 11) is 0. The minimum atomic E-state index is -1.01. The molecule has 0 radical (unpaired) electrons. The van der Waals surface area contributed by atoms with Gasteiger partial charge in [-0.3, -0.25) is 4.90 Å². The van der Waals surface area contributed by atoms with E-state index in [0.29, 0.717) is 6.04 Å². The number of carbonyl (C=O) groups is 1. The SMILES string of the molecule is CC1CCC(N2CC(n3cc(C(=O)O)nn3)C2)C1. The van der Waals surface area contributed by atoms with Crippen LogP contribution in [0, 0.1) is 5.92 Å². The van der Waals surface area contributed by atoms with E-state index in [4.69, 9.17) is 5.11 Å². The van der Waals surface area contributed by atoms with Crippen LogP contribution < -0.4 is 0 Å². The summed E-state index contributed by atoms with van der Waals surface area (Å²) in [5.74, 6) is -0.166. The number of nitrogens with zero attached hydrogens (tertiary/aromatic N) is 4. The van der Waals surface area contributed by atoms with Crippen molar-refractivity contribution >= 4 is 5.97 Å². The molecule has 3 rings (SSSR count). The number of aromatic carboxylic acids is 1. The van der Waals surface area contributed by atoms with Crippen LogP contribution in [0.25, 0.3) is 0 Å². The Morgan fingerprint density at radius 2 is 2.17 bits per heavy atom. The molecule has 6 nitrogen and oxygen atoms in total. The van der Waals surface area contributed by atoms with Crippen molar-refractivity contribution in [2.45, 2.75) is 38.3 Å². The van der Waals surface area contributed by atoms with Gasteiger partial charge in [0.2, 0.25) is 0 Å². The topological polar surface area (TPSA) is 71.2 Å². The third kappa shape index (κ3) is 2.01. The average molecular weight is 250 g/mol. The lowest BCUT2D eigenvalue weighted by Crippen LogP contribution is -2.52. The second kappa shape index (κ2) is 4.35. The van der Waals surface area contributed by atoms with Crippen molar-refractivity contribution in [3.8, 4) is 0 Å². The lowest BCUT2D eigenvalue weighted by atomic mass is 10.0. The van der Waals surface area contributed by atoms with Crippen molar-refractivity contribution in [3.63, 3.8) is 0 Å². The van der Waals surface area contributed by atoms with Crippen LogP contribution in [0.4, 0.5) is 0 Å². The molecule has 1 aliphatic heterocycles. The van der Waals surface area contributed by atoms with Gasteiger partial charge in [0.1, 0.15) is 0 Å². The standard InChI is InChI=1S/C12H18N4O2/c1-8-2-3-9(4-8)15-5-10(6-15)16-7-11(12(17)18)13-14-16/h7-10H,2-6H2,1H3,(H,17,18). The highest BCUT2D eigenvalue weighted by Gasteiger charge is 2.37. The first kappa shape index (κ1) is 11.6. The largest absolute Gasteiger partial charge is 0.476 e. The molecule has 0 spiro atoms. The molecule has 2 unspecified atom stereocenters. The van der Waals surface area contributed by atoms with Gasteiger partial charge in [-0.2, -0.15) is 0 Å². The van der Waals surface area contributed by atoms with E-state index in [9.17, 15) is 4.79 Å².